The Bertz CT molecular complexity index is 434. The number of rotatable bonds is 8. The van der Waals surface area contributed by atoms with E-state index in [0.29, 0.717) is 11.8 Å². The lowest BCUT2D eigenvalue weighted by Gasteiger charge is -2.32. The predicted molar refractivity (Wildman–Crippen MR) is 91.2 cm³/mol. The van der Waals surface area contributed by atoms with Crippen LogP contribution >= 0.6 is 0 Å². The van der Waals surface area contributed by atoms with Crippen LogP contribution in [0.3, 0.4) is 0 Å². The van der Waals surface area contributed by atoms with E-state index in [0.717, 1.165) is 30.9 Å². The topological polar surface area (TPSA) is 38.7 Å². The number of phenolic OH excluding ortho intramolecular Hbond substituents is 1. The van der Waals surface area contributed by atoms with Crippen LogP contribution in [0.15, 0.2) is 18.2 Å². The normalized spacial score (nSPS) is 14.2. The van der Waals surface area contributed by atoms with Crippen LogP contribution in [0.5, 0.6) is 5.75 Å². The van der Waals surface area contributed by atoms with Gasteiger partial charge in [-0.2, -0.15) is 0 Å². The Kier molecular flexibility index (Phi) is 6.99. The van der Waals surface area contributed by atoms with Crippen LogP contribution in [0.1, 0.15) is 39.3 Å². The van der Waals surface area contributed by atoms with E-state index in [9.17, 15) is 5.11 Å². The third-order valence-electron chi connectivity index (χ3n) is 3.82. The summed E-state index contributed by atoms with van der Waals surface area (Å²) in [7, 11) is 4.17. The van der Waals surface area contributed by atoms with Crippen LogP contribution in [0.2, 0.25) is 0 Å². The largest absolute Gasteiger partial charge is 0.508 e. The minimum absolute atomic E-state index is 0.165. The molecule has 1 aromatic rings. The summed E-state index contributed by atoms with van der Waals surface area (Å²) < 4.78 is 0. The summed E-state index contributed by atoms with van der Waals surface area (Å²) >= 11 is 0. The SMILES string of the molecule is CCNC(C)c1ccc(N(CC)C(C)CN(C)C)cc1O. The third-order valence-corrected chi connectivity index (χ3v) is 3.82. The second-order valence-electron chi connectivity index (χ2n) is 5.92. The van der Waals surface area contributed by atoms with E-state index in [4.69, 9.17) is 0 Å². The second-order valence-corrected chi connectivity index (χ2v) is 5.92. The molecular formula is C17H31N3O. The van der Waals surface area contributed by atoms with Crippen LogP contribution in [0.4, 0.5) is 5.69 Å². The van der Waals surface area contributed by atoms with Crippen LogP contribution in [0, 0.1) is 0 Å². The number of hydrogen-bond donors (Lipinski definition) is 2. The maximum Gasteiger partial charge on any atom is 0.122 e. The molecule has 0 aromatic heterocycles. The van der Waals surface area contributed by atoms with Crippen LogP contribution < -0.4 is 10.2 Å². The van der Waals surface area contributed by atoms with Gasteiger partial charge in [-0.25, -0.2) is 0 Å². The highest BCUT2D eigenvalue weighted by molar-refractivity contribution is 5.54. The monoisotopic (exact) mass is 293 g/mol. The number of anilines is 1. The molecular weight excluding hydrogens is 262 g/mol. The molecule has 2 atom stereocenters. The van der Waals surface area contributed by atoms with Crippen LogP contribution in [-0.2, 0) is 0 Å². The molecule has 0 aliphatic heterocycles. The van der Waals surface area contributed by atoms with E-state index in [1.54, 1.807) is 0 Å². The zero-order chi connectivity index (χ0) is 16.0. The van der Waals surface area contributed by atoms with E-state index >= 15 is 0 Å². The Labute approximate surface area is 129 Å². The molecule has 21 heavy (non-hydrogen) atoms. The quantitative estimate of drug-likeness (QED) is 0.773. The summed E-state index contributed by atoms with van der Waals surface area (Å²) in [4.78, 5) is 4.51. The molecule has 0 saturated carbocycles. The molecule has 1 aromatic carbocycles. The van der Waals surface area contributed by atoms with Gasteiger partial charge < -0.3 is 20.2 Å². The van der Waals surface area contributed by atoms with Gasteiger partial charge in [0.2, 0.25) is 0 Å². The Balaban J connectivity index is 2.94. The minimum atomic E-state index is 0.165. The van der Waals surface area contributed by atoms with Gasteiger partial charge in [-0.05, 0) is 47.5 Å². The van der Waals surface area contributed by atoms with E-state index in [1.165, 1.54) is 0 Å². The molecule has 2 N–H and O–H groups in total. The fourth-order valence-electron chi connectivity index (χ4n) is 2.87. The van der Waals surface area contributed by atoms with E-state index < -0.39 is 0 Å². The lowest BCUT2D eigenvalue weighted by molar-refractivity contribution is 0.372. The van der Waals surface area contributed by atoms with Crippen molar-refractivity contribution in [3.05, 3.63) is 23.8 Å². The maximum atomic E-state index is 10.3. The Morgan fingerprint density at radius 2 is 1.86 bits per heavy atom. The smallest absolute Gasteiger partial charge is 0.122 e. The first-order valence-electron chi connectivity index (χ1n) is 7.88. The number of phenols is 1. The van der Waals surface area contributed by atoms with Crippen molar-refractivity contribution in [2.75, 3.05) is 38.6 Å². The fraction of sp³-hybridized carbons (Fsp3) is 0.647. The standard InChI is InChI=1S/C17H31N3O/c1-7-18-14(4)16-10-9-15(11-17(16)21)20(8-2)13(3)12-19(5)6/h9-11,13-14,18,21H,7-8,12H2,1-6H3. The number of nitrogens with zero attached hydrogens (tertiary/aromatic N) is 2. The van der Waals surface area contributed by atoms with Crippen molar-refractivity contribution in [3.63, 3.8) is 0 Å². The lowest BCUT2D eigenvalue weighted by atomic mass is 10.1. The summed E-state index contributed by atoms with van der Waals surface area (Å²) in [5.41, 5.74) is 2.04. The molecule has 0 fully saturated rings. The molecule has 4 nitrogen and oxygen atoms in total. The molecule has 0 radical (unpaired) electrons. The first-order valence-corrected chi connectivity index (χ1v) is 7.88. The van der Waals surface area contributed by atoms with Crippen molar-refractivity contribution in [1.29, 1.82) is 0 Å². The molecule has 1 rings (SSSR count). The molecule has 4 heteroatoms. The van der Waals surface area contributed by atoms with Gasteiger partial charge in [0, 0.05) is 42.5 Å². The molecule has 120 valence electrons. The van der Waals surface area contributed by atoms with Crippen molar-refractivity contribution in [3.8, 4) is 5.75 Å². The molecule has 0 heterocycles. The average Bonchev–Trinajstić information content (AvgIpc) is 2.38. The first kappa shape index (κ1) is 17.8. The maximum absolute atomic E-state index is 10.3. The van der Waals surface area contributed by atoms with Gasteiger partial charge in [0.15, 0.2) is 0 Å². The highest BCUT2D eigenvalue weighted by Crippen LogP contribution is 2.29. The van der Waals surface area contributed by atoms with Gasteiger partial charge in [0.1, 0.15) is 5.75 Å². The van der Waals surface area contributed by atoms with Gasteiger partial charge in [-0.3, -0.25) is 0 Å². The van der Waals surface area contributed by atoms with Crippen LogP contribution in [-0.4, -0.2) is 49.8 Å². The minimum Gasteiger partial charge on any atom is -0.508 e. The Morgan fingerprint density at radius 1 is 1.19 bits per heavy atom. The number of benzene rings is 1. The molecule has 0 aliphatic carbocycles. The van der Waals surface area contributed by atoms with Gasteiger partial charge in [0.05, 0.1) is 0 Å². The third kappa shape index (κ3) is 4.90. The lowest BCUT2D eigenvalue weighted by Crippen LogP contribution is -2.40. The summed E-state index contributed by atoms with van der Waals surface area (Å²) in [5.74, 6) is 0.372. The predicted octanol–water partition coefficient (Wildman–Crippen LogP) is 2.84. The van der Waals surface area contributed by atoms with Gasteiger partial charge in [-0.15, -0.1) is 0 Å². The zero-order valence-electron chi connectivity index (χ0n) is 14.3. The molecule has 0 spiro atoms. The van der Waals surface area contributed by atoms with Crippen molar-refractivity contribution in [2.45, 2.75) is 39.8 Å². The van der Waals surface area contributed by atoms with Gasteiger partial charge in [-0.1, -0.05) is 13.0 Å². The molecule has 2 unspecified atom stereocenters. The first-order chi connectivity index (χ1) is 9.90. The fourth-order valence-corrected chi connectivity index (χ4v) is 2.87. The summed E-state index contributed by atoms with van der Waals surface area (Å²) in [5, 5.41) is 13.7. The Hall–Kier alpha value is -1.26. The van der Waals surface area contributed by atoms with Crippen molar-refractivity contribution < 1.29 is 5.11 Å². The van der Waals surface area contributed by atoms with E-state index in [2.05, 4.69) is 63.0 Å². The van der Waals surface area contributed by atoms with Crippen molar-refractivity contribution in [2.24, 2.45) is 0 Å². The Morgan fingerprint density at radius 3 is 2.33 bits per heavy atom. The number of hydrogen-bond acceptors (Lipinski definition) is 4. The van der Waals surface area contributed by atoms with Crippen molar-refractivity contribution >= 4 is 5.69 Å². The second kappa shape index (κ2) is 8.25. The molecule has 0 bridgehead atoms. The number of likely N-dealkylation sites (N-methyl/N-ethyl adjacent to an activating group) is 2. The molecule has 0 aliphatic rings. The highest BCUT2D eigenvalue weighted by atomic mass is 16.3. The average molecular weight is 293 g/mol. The number of nitrogens with one attached hydrogen (secondary N) is 1. The summed E-state index contributed by atoms with van der Waals surface area (Å²) in [6, 6.07) is 6.60. The van der Waals surface area contributed by atoms with E-state index in [-0.39, 0.29) is 6.04 Å². The summed E-state index contributed by atoms with van der Waals surface area (Å²) in [6.07, 6.45) is 0. The molecule has 0 saturated heterocycles. The van der Waals surface area contributed by atoms with Crippen molar-refractivity contribution in [1.82, 2.24) is 10.2 Å². The van der Waals surface area contributed by atoms with E-state index in [1.807, 2.05) is 12.1 Å². The molecule has 0 amide bonds. The van der Waals surface area contributed by atoms with Gasteiger partial charge in [0.25, 0.3) is 0 Å². The van der Waals surface area contributed by atoms with Gasteiger partial charge >= 0.3 is 0 Å². The van der Waals surface area contributed by atoms with Crippen LogP contribution in [0.25, 0.3) is 0 Å². The zero-order valence-corrected chi connectivity index (χ0v) is 14.3. The summed E-state index contributed by atoms with van der Waals surface area (Å²) in [6.45, 7) is 11.3. The highest BCUT2D eigenvalue weighted by Gasteiger charge is 2.16. The number of aromatic hydroxyl groups is 1.